The molecule has 136 valence electrons. The molecule has 2 aromatic heterocycles. The van der Waals surface area contributed by atoms with E-state index in [0.717, 1.165) is 40.5 Å². The number of hydrogen-bond acceptors (Lipinski definition) is 7. The first-order chi connectivity index (χ1) is 12.8. The molecule has 0 spiro atoms. The van der Waals surface area contributed by atoms with E-state index in [0.29, 0.717) is 23.6 Å². The first-order valence-corrected chi connectivity index (χ1v) is 9.92. The maximum absolute atomic E-state index is 5.86. The Kier molecular flexibility index (Phi) is 5.48. The van der Waals surface area contributed by atoms with Crippen molar-refractivity contribution in [2.75, 3.05) is 23.8 Å². The fourth-order valence-corrected chi connectivity index (χ4v) is 4.03. The van der Waals surface area contributed by atoms with Gasteiger partial charge in [-0.1, -0.05) is 29.0 Å². The predicted molar refractivity (Wildman–Crippen MR) is 106 cm³/mol. The number of halogens is 1. The van der Waals surface area contributed by atoms with Crippen molar-refractivity contribution >= 4 is 44.1 Å². The molecule has 0 bridgehead atoms. The van der Waals surface area contributed by atoms with E-state index >= 15 is 0 Å². The molecule has 26 heavy (non-hydrogen) atoms. The molecule has 2 N–H and O–H groups in total. The highest BCUT2D eigenvalue weighted by Gasteiger charge is 2.14. The maximum Gasteiger partial charge on any atom is 0.183 e. The smallest absolute Gasteiger partial charge is 0.183 e. The minimum absolute atomic E-state index is 0.300. The summed E-state index contributed by atoms with van der Waals surface area (Å²) in [4.78, 5) is 12.9. The van der Waals surface area contributed by atoms with Gasteiger partial charge in [0.25, 0.3) is 0 Å². The van der Waals surface area contributed by atoms with Crippen LogP contribution < -0.4 is 10.6 Å². The van der Waals surface area contributed by atoms with Crippen LogP contribution in [0.25, 0.3) is 10.2 Å². The van der Waals surface area contributed by atoms with E-state index in [4.69, 9.17) is 16.3 Å². The molecule has 1 unspecified atom stereocenters. The molecule has 1 aliphatic rings. The van der Waals surface area contributed by atoms with Crippen LogP contribution in [-0.2, 0) is 11.3 Å². The Labute approximate surface area is 161 Å². The van der Waals surface area contributed by atoms with Crippen molar-refractivity contribution in [3.05, 3.63) is 41.3 Å². The van der Waals surface area contributed by atoms with Crippen molar-refractivity contribution in [2.45, 2.75) is 31.9 Å². The highest BCUT2D eigenvalue weighted by molar-refractivity contribution is 7.22. The van der Waals surface area contributed by atoms with E-state index in [-0.39, 0.29) is 0 Å². The Morgan fingerprint density at radius 1 is 1.19 bits per heavy atom. The van der Waals surface area contributed by atoms with Crippen molar-refractivity contribution < 1.29 is 4.74 Å². The van der Waals surface area contributed by atoms with E-state index in [1.54, 1.807) is 17.5 Å². The molecule has 1 saturated heterocycles. The molecule has 0 amide bonds. The van der Waals surface area contributed by atoms with Gasteiger partial charge in [0.2, 0.25) is 0 Å². The summed E-state index contributed by atoms with van der Waals surface area (Å²) in [5.74, 6) is 0.664. The minimum atomic E-state index is 0.300. The standard InChI is InChI=1S/C18H20ClN5OS/c19-16-10-20-11-17(24-16)21-8-12-4-5-14-15(7-12)26-18(23-14)22-9-13-3-1-2-6-25-13/h4-5,7,10-11,13H,1-3,6,8-9H2,(H,21,24)(H,22,23). The molecule has 0 saturated carbocycles. The number of benzene rings is 1. The Morgan fingerprint density at radius 3 is 3.00 bits per heavy atom. The number of anilines is 2. The van der Waals surface area contributed by atoms with Crippen molar-refractivity contribution in [1.82, 2.24) is 15.0 Å². The van der Waals surface area contributed by atoms with Gasteiger partial charge >= 0.3 is 0 Å². The average Bonchev–Trinajstić information content (AvgIpc) is 3.08. The molecule has 1 fully saturated rings. The number of nitrogens with one attached hydrogen (secondary N) is 2. The lowest BCUT2D eigenvalue weighted by atomic mass is 10.1. The zero-order chi connectivity index (χ0) is 17.8. The van der Waals surface area contributed by atoms with Crippen LogP contribution in [0.5, 0.6) is 0 Å². The van der Waals surface area contributed by atoms with Gasteiger partial charge < -0.3 is 15.4 Å². The van der Waals surface area contributed by atoms with Crippen LogP contribution in [0.1, 0.15) is 24.8 Å². The number of rotatable bonds is 6. The number of nitrogens with zero attached hydrogens (tertiary/aromatic N) is 3. The number of thiazole rings is 1. The lowest BCUT2D eigenvalue weighted by Gasteiger charge is -2.22. The summed E-state index contributed by atoms with van der Waals surface area (Å²) in [6.45, 7) is 2.35. The fourth-order valence-electron chi connectivity index (χ4n) is 2.94. The van der Waals surface area contributed by atoms with Gasteiger partial charge in [-0.15, -0.1) is 0 Å². The third-order valence-electron chi connectivity index (χ3n) is 4.29. The molecule has 4 rings (SSSR count). The third-order valence-corrected chi connectivity index (χ3v) is 5.44. The highest BCUT2D eigenvalue weighted by atomic mass is 35.5. The molecule has 0 radical (unpaired) electrons. The molecule has 0 aliphatic carbocycles. The summed E-state index contributed by atoms with van der Waals surface area (Å²) < 4.78 is 6.92. The Bertz CT molecular complexity index is 881. The zero-order valence-electron chi connectivity index (χ0n) is 14.2. The van der Waals surface area contributed by atoms with Crippen LogP contribution in [0.4, 0.5) is 10.9 Å². The second-order valence-electron chi connectivity index (χ2n) is 6.27. The Hall–Kier alpha value is -1.96. The van der Waals surface area contributed by atoms with Crippen molar-refractivity contribution in [3.8, 4) is 0 Å². The lowest BCUT2D eigenvalue weighted by Crippen LogP contribution is -2.26. The summed E-state index contributed by atoms with van der Waals surface area (Å²) in [6, 6.07) is 6.27. The predicted octanol–water partition coefficient (Wildman–Crippen LogP) is 4.33. The van der Waals surface area contributed by atoms with Crippen molar-refractivity contribution in [2.24, 2.45) is 0 Å². The molecule has 1 atom stereocenters. The monoisotopic (exact) mass is 389 g/mol. The minimum Gasteiger partial charge on any atom is -0.376 e. The topological polar surface area (TPSA) is 72.0 Å². The number of ether oxygens (including phenoxy) is 1. The molecule has 3 aromatic rings. The molecule has 1 aliphatic heterocycles. The van der Waals surface area contributed by atoms with Gasteiger partial charge in [0.15, 0.2) is 5.13 Å². The van der Waals surface area contributed by atoms with Crippen LogP contribution in [0.2, 0.25) is 5.15 Å². The summed E-state index contributed by atoms with van der Waals surface area (Å²) >= 11 is 7.53. The fraction of sp³-hybridized carbons (Fsp3) is 0.389. The second-order valence-corrected chi connectivity index (χ2v) is 7.69. The first kappa shape index (κ1) is 17.5. The van der Waals surface area contributed by atoms with Gasteiger partial charge in [-0.2, -0.15) is 0 Å². The molecule has 8 heteroatoms. The van der Waals surface area contributed by atoms with E-state index in [2.05, 4.69) is 43.8 Å². The maximum atomic E-state index is 5.86. The van der Waals surface area contributed by atoms with E-state index in [9.17, 15) is 0 Å². The summed E-state index contributed by atoms with van der Waals surface area (Å²) in [5.41, 5.74) is 2.17. The van der Waals surface area contributed by atoms with Crippen LogP contribution in [-0.4, -0.2) is 34.2 Å². The van der Waals surface area contributed by atoms with Gasteiger partial charge in [-0.05, 0) is 37.0 Å². The van der Waals surface area contributed by atoms with Crippen molar-refractivity contribution in [3.63, 3.8) is 0 Å². The molecular formula is C18H20ClN5OS. The van der Waals surface area contributed by atoms with Crippen LogP contribution in [0, 0.1) is 0 Å². The molecule has 1 aromatic carbocycles. The Morgan fingerprint density at radius 2 is 2.15 bits per heavy atom. The normalized spacial score (nSPS) is 17.3. The van der Waals surface area contributed by atoms with Gasteiger partial charge in [0.1, 0.15) is 11.0 Å². The average molecular weight is 390 g/mol. The first-order valence-electron chi connectivity index (χ1n) is 8.72. The quantitative estimate of drug-likeness (QED) is 0.653. The number of hydrogen-bond donors (Lipinski definition) is 2. The number of aromatic nitrogens is 3. The van der Waals surface area contributed by atoms with Crippen LogP contribution in [0.3, 0.4) is 0 Å². The second kappa shape index (κ2) is 8.16. The summed E-state index contributed by atoms with van der Waals surface area (Å²) in [5, 5.41) is 7.98. The molecule has 3 heterocycles. The number of fused-ring (bicyclic) bond motifs is 1. The van der Waals surface area contributed by atoms with Crippen LogP contribution in [0.15, 0.2) is 30.6 Å². The van der Waals surface area contributed by atoms with Gasteiger partial charge in [-0.25, -0.2) is 9.97 Å². The van der Waals surface area contributed by atoms with E-state index in [1.807, 2.05) is 0 Å². The largest absolute Gasteiger partial charge is 0.376 e. The highest BCUT2D eigenvalue weighted by Crippen LogP contribution is 2.27. The Balaban J connectivity index is 1.38. The summed E-state index contributed by atoms with van der Waals surface area (Å²) in [7, 11) is 0. The van der Waals surface area contributed by atoms with Gasteiger partial charge in [-0.3, -0.25) is 4.98 Å². The molecule has 6 nitrogen and oxygen atoms in total. The van der Waals surface area contributed by atoms with Gasteiger partial charge in [0, 0.05) is 19.7 Å². The lowest BCUT2D eigenvalue weighted by molar-refractivity contribution is 0.0247. The third kappa shape index (κ3) is 4.41. The van der Waals surface area contributed by atoms with E-state index in [1.165, 1.54) is 19.0 Å². The van der Waals surface area contributed by atoms with E-state index < -0.39 is 0 Å². The zero-order valence-corrected chi connectivity index (χ0v) is 15.8. The van der Waals surface area contributed by atoms with Gasteiger partial charge in [0.05, 0.1) is 28.7 Å². The summed E-state index contributed by atoms with van der Waals surface area (Å²) in [6.07, 6.45) is 7.03. The van der Waals surface area contributed by atoms with Crippen molar-refractivity contribution in [1.29, 1.82) is 0 Å². The molecular weight excluding hydrogens is 370 g/mol. The SMILES string of the molecule is Clc1cncc(NCc2ccc3nc(NCC4CCCCO4)sc3c2)n1. The van der Waals surface area contributed by atoms with Crippen LogP contribution >= 0.6 is 22.9 Å².